The molecule has 2 N–H and O–H groups in total. The topological polar surface area (TPSA) is 102 Å². The molecule has 158 valence electrons. The molecule has 28 heavy (non-hydrogen) atoms. The summed E-state index contributed by atoms with van der Waals surface area (Å²) in [6, 6.07) is 6.42. The van der Waals surface area contributed by atoms with Crippen molar-refractivity contribution in [2.45, 2.75) is 63.9 Å². The van der Waals surface area contributed by atoms with Gasteiger partial charge in [-0.3, -0.25) is 4.79 Å². The van der Waals surface area contributed by atoms with Gasteiger partial charge in [-0.05, 0) is 58.7 Å². The third-order valence-electron chi connectivity index (χ3n) is 4.05. The molecular weight excluding hydrogens is 380 g/mol. The average Bonchev–Trinajstić information content (AvgIpc) is 2.57. The highest BCUT2D eigenvalue weighted by molar-refractivity contribution is 7.91. The highest BCUT2D eigenvalue weighted by Crippen LogP contribution is 2.25. The van der Waals surface area contributed by atoms with Gasteiger partial charge in [0.05, 0.1) is 16.1 Å². The molecule has 0 saturated heterocycles. The van der Waals surface area contributed by atoms with E-state index in [4.69, 9.17) is 4.74 Å². The first kappa shape index (κ1) is 23.9. The molecule has 1 aromatic carbocycles. The molecule has 0 heterocycles. The number of benzene rings is 1. The minimum Gasteiger partial charge on any atom is -0.444 e. The van der Waals surface area contributed by atoms with Crippen molar-refractivity contribution in [1.29, 1.82) is 0 Å². The van der Waals surface area contributed by atoms with Crippen LogP contribution in [0.25, 0.3) is 0 Å². The largest absolute Gasteiger partial charge is 0.444 e. The Morgan fingerprint density at radius 3 is 2.00 bits per heavy atom. The molecule has 0 unspecified atom stereocenters. The van der Waals surface area contributed by atoms with Gasteiger partial charge in [0.2, 0.25) is 5.91 Å². The van der Waals surface area contributed by atoms with Crippen LogP contribution in [0.3, 0.4) is 0 Å². The number of hydrogen-bond donors (Lipinski definition) is 2. The van der Waals surface area contributed by atoms with E-state index in [0.717, 1.165) is 0 Å². The van der Waals surface area contributed by atoms with E-state index < -0.39 is 26.9 Å². The predicted molar refractivity (Wildman–Crippen MR) is 109 cm³/mol. The van der Waals surface area contributed by atoms with E-state index in [2.05, 4.69) is 10.6 Å². The molecule has 1 rings (SSSR count). The quantitative estimate of drug-likeness (QED) is 0.639. The number of hydrogen-bond acceptors (Lipinski definition) is 5. The van der Waals surface area contributed by atoms with Crippen LogP contribution in [0.5, 0.6) is 0 Å². The molecule has 0 aliphatic heterocycles. The molecule has 1 aromatic rings. The fourth-order valence-electron chi connectivity index (χ4n) is 2.47. The lowest BCUT2D eigenvalue weighted by Crippen LogP contribution is -2.44. The summed E-state index contributed by atoms with van der Waals surface area (Å²) in [4.78, 5) is 24.4. The van der Waals surface area contributed by atoms with Crippen molar-refractivity contribution in [3.63, 3.8) is 0 Å². The average molecular weight is 413 g/mol. The summed E-state index contributed by atoms with van der Waals surface area (Å²) in [5.41, 5.74) is -0.717. The van der Waals surface area contributed by atoms with Gasteiger partial charge in [0, 0.05) is 13.1 Å². The van der Waals surface area contributed by atoms with E-state index in [0.29, 0.717) is 12.0 Å². The van der Waals surface area contributed by atoms with Crippen LogP contribution in [0.1, 0.15) is 53.5 Å². The number of carbonyl (C=O) groups excluding carboxylic acids is 2. The minimum atomic E-state index is -3.28. The number of sulfone groups is 1. The summed E-state index contributed by atoms with van der Waals surface area (Å²) in [6.45, 7) is 11.2. The Morgan fingerprint density at radius 2 is 1.50 bits per heavy atom. The number of nitrogens with one attached hydrogen (secondary N) is 2. The van der Waals surface area contributed by atoms with Gasteiger partial charge in [-0.1, -0.05) is 19.1 Å². The van der Waals surface area contributed by atoms with Crippen LogP contribution in [-0.2, 0) is 24.8 Å². The fourth-order valence-corrected chi connectivity index (χ4v) is 3.80. The van der Waals surface area contributed by atoms with Crippen molar-refractivity contribution in [2.75, 3.05) is 18.8 Å². The molecule has 0 saturated carbocycles. The zero-order valence-corrected chi connectivity index (χ0v) is 18.4. The third-order valence-corrected chi connectivity index (χ3v) is 5.99. The molecule has 0 radical (unpaired) electrons. The zero-order chi connectivity index (χ0) is 21.6. The number of carbonyl (C=O) groups is 2. The molecule has 8 heteroatoms. The minimum absolute atomic E-state index is 0.0981. The van der Waals surface area contributed by atoms with E-state index in [9.17, 15) is 18.0 Å². The molecule has 0 aliphatic rings. The lowest BCUT2D eigenvalue weighted by molar-refractivity contribution is -0.125. The number of ether oxygens (including phenoxy) is 1. The van der Waals surface area contributed by atoms with Gasteiger partial charge in [-0.25, -0.2) is 13.2 Å². The normalized spacial score (nSPS) is 12.4. The Labute approximate surface area is 168 Å². The maximum atomic E-state index is 12.5. The van der Waals surface area contributed by atoms with E-state index in [1.165, 1.54) is 0 Å². The summed E-state index contributed by atoms with van der Waals surface area (Å²) in [7, 11) is -3.28. The summed E-state index contributed by atoms with van der Waals surface area (Å²) in [6.07, 6.45) is 0.0138. The Bertz CT molecular complexity index is 778. The highest BCUT2D eigenvalue weighted by Gasteiger charge is 2.30. The van der Waals surface area contributed by atoms with Gasteiger partial charge in [0.25, 0.3) is 0 Å². The third kappa shape index (κ3) is 7.14. The van der Waals surface area contributed by atoms with Crippen molar-refractivity contribution in [3.05, 3.63) is 29.8 Å². The van der Waals surface area contributed by atoms with Crippen LogP contribution in [-0.4, -0.2) is 44.9 Å². The van der Waals surface area contributed by atoms with Crippen molar-refractivity contribution in [3.8, 4) is 0 Å². The molecule has 7 nitrogen and oxygen atoms in total. The maximum Gasteiger partial charge on any atom is 0.407 e. The number of alkyl carbamates (subject to hydrolysis) is 1. The maximum absolute atomic E-state index is 12.5. The van der Waals surface area contributed by atoms with Crippen molar-refractivity contribution in [2.24, 2.45) is 0 Å². The molecular formula is C20H32N2O5S. The van der Waals surface area contributed by atoms with Gasteiger partial charge in [-0.15, -0.1) is 0 Å². The Morgan fingerprint density at radius 1 is 0.964 bits per heavy atom. The first-order valence-electron chi connectivity index (χ1n) is 9.38. The van der Waals surface area contributed by atoms with Crippen molar-refractivity contribution >= 4 is 21.8 Å². The van der Waals surface area contributed by atoms with Gasteiger partial charge < -0.3 is 15.4 Å². The number of rotatable bonds is 8. The van der Waals surface area contributed by atoms with E-state index in [1.807, 2.05) is 6.92 Å². The zero-order valence-electron chi connectivity index (χ0n) is 17.6. The van der Waals surface area contributed by atoms with Gasteiger partial charge in [-0.2, -0.15) is 0 Å². The number of amides is 2. The van der Waals surface area contributed by atoms with E-state index in [1.54, 1.807) is 58.9 Å². The standard InChI is InChI=1S/C20H32N2O5S/c1-7-14-28(25,26)16-10-8-15(9-11-16)20(5,6)17(23)21-12-13-22-18(24)27-19(2,3)4/h8-11H,7,12-14H2,1-6H3,(H,21,23)(H,22,24). The molecule has 0 fully saturated rings. The molecule has 2 amide bonds. The van der Waals surface area contributed by atoms with Crippen LogP contribution < -0.4 is 10.6 Å². The Kier molecular flexibility index (Phi) is 8.05. The highest BCUT2D eigenvalue weighted by atomic mass is 32.2. The summed E-state index contributed by atoms with van der Waals surface area (Å²) in [5.74, 6) is -0.122. The fraction of sp³-hybridized carbons (Fsp3) is 0.600. The van der Waals surface area contributed by atoms with Gasteiger partial charge in [0.15, 0.2) is 9.84 Å². The van der Waals surface area contributed by atoms with Crippen LogP contribution in [0, 0.1) is 0 Å². The molecule has 0 aromatic heterocycles. The van der Waals surface area contributed by atoms with Crippen LogP contribution in [0.4, 0.5) is 4.79 Å². The summed E-state index contributed by atoms with van der Waals surface area (Å²) < 4.78 is 29.4. The Hall–Kier alpha value is -2.09. The first-order chi connectivity index (χ1) is 12.8. The van der Waals surface area contributed by atoms with Gasteiger partial charge in [0.1, 0.15) is 5.60 Å². The smallest absolute Gasteiger partial charge is 0.407 e. The molecule has 0 bridgehead atoms. The Balaban J connectivity index is 2.64. The van der Waals surface area contributed by atoms with Crippen molar-refractivity contribution in [1.82, 2.24) is 10.6 Å². The second-order valence-corrected chi connectivity index (χ2v) is 10.3. The lowest BCUT2D eigenvalue weighted by Gasteiger charge is -2.24. The molecule has 0 spiro atoms. The van der Waals surface area contributed by atoms with E-state index in [-0.39, 0.29) is 29.6 Å². The predicted octanol–water partition coefficient (Wildman–Crippen LogP) is 2.79. The second kappa shape index (κ2) is 9.41. The molecule has 0 atom stereocenters. The van der Waals surface area contributed by atoms with Gasteiger partial charge >= 0.3 is 6.09 Å². The first-order valence-corrected chi connectivity index (χ1v) is 11.0. The van der Waals surface area contributed by atoms with Crippen molar-refractivity contribution < 1.29 is 22.7 Å². The summed E-state index contributed by atoms with van der Waals surface area (Å²) in [5, 5.41) is 5.36. The second-order valence-electron chi connectivity index (χ2n) is 8.15. The molecule has 0 aliphatic carbocycles. The van der Waals surface area contributed by atoms with Crippen LogP contribution >= 0.6 is 0 Å². The SMILES string of the molecule is CCCS(=O)(=O)c1ccc(C(C)(C)C(=O)NCCNC(=O)OC(C)(C)C)cc1. The van der Waals surface area contributed by atoms with Crippen LogP contribution in [0.15, 0.2) is 29.2 Å². The van der Waals surface area contributed by atoms with E-state index >= 15 is 0 Å². The monoisotopic (exact) mass is 412 g/mol. The van der Waals surface area contributed by atoms with Crippen LogP contribution in [0.2, 0.25) is 0 Å². The summed E-state index contributed by atoms with van der Waals surface area (Å²) >= 11 is 0. The lowest BCUT2D eigenvalue weighted by atomic mass is 9.84.